The monoisotopic (exact) mass is 344 g/mol. The molecule has 0 bridgehead atoms. The summed E-state index contributed by atoms with van der Waals surface area (Å²) >= 11 is 10.0. The minimum absolute atomic E-state index is 0.0436. The van der Waals surface area contributed by atoms with Gasteiger partial charge < -0.3 is 9.47 Å². The van der Waals surface area contributed by atoms with Crippen molar-refractivity contribution >= 4 is 27.5 Å². The summed E-state index contributed by atoms with van der Waals surface area (Å²) in [6.07, 6.45) is 5.49. The van der Waals surface area contributed by atoms with Gasteiger partial charge in [-0.1, -0.05) is 27.5 Å². The Hall–Kier alpha value is -0.250. The molecule has 0 N–H and O–H groups in total. The van der Waals surface area contributed by atoms with E-state index in [0.717, 1.165) is 43.1 Å². The Bertz CT molecular complexity index is 480. The number of alkyl halides is 1. The van der Waals surface area contributed by atoms with Crippen LogP contribution in [-0.2, 0) is 11.2 Å². The van der Waals surface area contributed by atoms with Gasteiger partial charge in [0, 0.05) is 28.9 Å². The molecule has 0 radical (unpaired) electrons. The van der Waals surface area contributed by atoms with Crippen molar-refractivity contribution in [3.8, 4) is 5.75 Å². The molecule has 1 fully saturated rings. The number of methoxy groups -OCH3 is 1. The molecular formula is C15H18BrClO2. The van der Waals surface area contributed by atoms with Crippen molar-refractivity contribution in [3.05, 3.63) is 28.3 Å². The van der Waals surface area contributed by atoms with E-state index in [0.29, 0.717) is 0 Å². The minimum atomic E-state index is 0.0436. The maximum Gasteiger partial charge on any atom is 0.127 e. The van der Waals surface area contributed by atoms with Gasteiger partial charge in [0.05, 0.1) is 12.2 Å². The lowest BCUT2D eigenvalue weighted by Crippen LogP contribution is -2.39. The fourth-order valence-corrected chi connectivity index (χ4v) is 4.21. The van der Waals surface area contributed by atoms with Crippen LogP contribution >= 0.6 is 27.5 Å². The van der Waals surface area contributed by atoms with Crippen LogP contribution in [0.25, 0.3) is 0 Å². The molecule has 0 saturated heterocycles. The second-order valence-corrected chi connectivity index (χ2v) is 7.04. The second-order valence-electron chi connectivity index (χ2n) is 5.49. The van der Waals surface area contributed by atoms with E-state index in [2.05, 4.69) is 15.9 Å². The molecule has 19 heavy (non-hydrogen) atoms. The molecule has 1 heterocycles. The van der Waals surface area contributed by atoms with Crippen LogP contribution in [0.3, 0.4) is 0 Å². The first-order valence-corrected chi connectivity index (χ1v) is 8.07. The Balaban J connectivity index is 1.85. The third-order valence-electron chi connectivity index (χ3n) is 4.36. The van der Waals surface area contributed by atoms with Gasteiger partial charge in [-0.15, -0.1) is 0 Å². The van der Waals surface area contributed by atoms with E-state index >= 15 is 0 Å². The first-order chi connectivity index (χ1) is 9.13. The molecule has 0 aromatic heterocycles. The molecule has 2 aliphatic rings. The van der Waals surface area contributed by atoms with Gasteiger partial charge in [-0.3, -0.25) is 0 Å². The van der Waals surface area contributed by atoms with Crippen LogP contribution in [0.2, 0.25) is 5.02 Å². The highest BCUT2D eigenvalue weighted by Crippen LogP contribution is 2.48. The molecule has 1 atom stereocenters. The van der Waals surface area contributed by atoms with Gasteiger partial charge in [0.25, 0.3) is 0 Å². The van der Waals surface area contributed by atoms with Crippen molar-refractivity contribution in [2.24, 2.45) is 0 Å². The fraction of sp³-hybridized carbons (Fsp3) is 0.600. The Morgan fingerprint density at radius 1 is 1.47 bits per heavy atom. The number of benzene rings is 1. The minimum Gasteiger partial charge on any atom is -0.493 e. The normalized spacial score (nSPS) is 21.4. The standard InChI is InChI=1S/C15H18BrClO2/c1-18-15(4-2-5-15)9-13(16)12-8-11(17)7-10-3-6-19-14(10)12/h7-8,13H,2-6,9H2,1H3. The van der Waals surface area contributed by atoms with E-state index in [9.17, 15) is 0 Å². The molecule has 104 valence electrons. The molecular weight excluding hydrogens is 328 g/mol. The molecule has 1 unspecified atom stereocenters. The Morgan fingerprint density at radius 3 is 2.89 bits per heavy atom. The van der Waals surface area contributed by atoms with Crippen molar-refractivity contribution in [1.82, 2.24) is 0 Å². The van der Waals surface area contributed by atoms with E-state index in [4.69, 9.17) is 21.1 Å². The van der Waals surface area contributed by atoms with Crippen molar-refractivity contribution in [3.63, 3.8) is 0 Å². The van der Waals surface area contributed by atoms with Crippen molar-refractivity contribution in [2.75, 3.05) is 13.7 Å². The predicted molar refractivity (Wildman–Crippen MR) is 80.5 cm³/mol. The molecule has 1 saturated carbocycles. The van der Waals surface area contributed by atoms with Crippen molar-refractivity contribution < 1.29 is 9.47 Å². The van der Waals surface area contributed by atoms with Gasteiger partial charge in [0.15, 0.2) is 0 Å². The number of halogens is 2. The SMILES string of the molecule is COC1(CC(Br)c2cc(Cl)cc3c2OCC3)CCC1. The average Bonchev–Trinajstić information content (AvgIpc) is 2.80. The van der Waals surface area contributed by atoms with Crippen LogP contribution in [0, 0.1) is 0 Å². The zero-order chi connectivity index (χ0) is 13.5. The topological polar surface area (TPSA) is 18.5 Å². The largest absolute Gasteiger partial charge is 0.493 e. The number of rotatable bonds is 4. The summed E-state index contributed by atoms with van der Waals surface area (Å²) in [6.45, 7) is 0.762. The van der Waals surface area contributed by atoms with Crippen LogP contribution in [0.15, 0.2) is 12.1 Å². The maximum atomic E-state index is 6.22. The van der Waals surface area contributed by atoms with Gasteiger partial charge in [0.2, 0.25) is 0 Å². The summed E-state index contributed by atoms with van der Waals surface area (Å²) < 4.78 is 11.5. The number of ether oxygens (including phenoxy) is 2. The number of hydrogen-bond donors (Lipinski definition) is 0. The van der Waals surface area contributed by atoms with Crippen LogP contribution in [0.5, 0.6) is 5.75 Å². The van der Waals surface area contributed by atoms with E-state index in [1.807, 2.05) is 19.2 Å². The van der Waals surface area contributed by atoms with E-state index in [1.165, 1.54) is 17.5 Å². The van der Waals surface area contributed by atoms with Crippen LogP contribution < -0.4 is 4.74 Å². The van der Waals surface area contributed by atoms with E-state index in [1.54, 1.807) is 0 Å². The fourth-order valence-electron chi connectivity index (χ4n) is 3.03. The zero-order valence-corrected chi connectivity index (χ0v) is 13.4. The molecule has 4 heteroatoms. The second kappa shape index (κ2) is 5.27. The first-order valence-electron chi connectivity index (χ1n) is 6.78. The van der Waals surface area contributed by atoms with Crippen molar-refractivity contribution in [2.45, 2.75) is 42.5 Å². The lowest BCUT2D eigenvalue weighted by atomic mass is 9.76. The molecule has 1 aromatic rings. The van der Waals surface area contributed by atoms with Gasteiger partial charge in [0.1, 0.15) is 5.75 Å². The Morgan fingerprint density at radius 2 is 2.26 bits per heavy atom. The van der Waals surface area contributed by atoms with Gasteiger partial charge in [-0.2, -0.15) is 0 Å². The van der Waals surface area contributed by atoms with Crippen LogP contribution in [0.4, 0.5) is 0 Å². The highest BCUT2D eigenvalue weighted by atomic mass is 79.9. The molecule has 0 spiro atoms. The third-order valence-corrected chi connectivity index (χ3v) is 5.40. The van der Waals surface area contributed by atoms with Gasteiger partial charge in [-0.25, -0.2) is 0 Å². The lowest BCUT2D eigenvalue weighted by molar-refractivity contribution is -0.0773. The molecule has 2 nitrogen and oxygen atoms in total. The van der Waals surface area contributed by atoms with Gasteiger partial charge in [-0.05, 0) is 43.4 Å². The third kappa shape index (κ3) is 2.53. The summed E-state index contributed by atoms with van der Waals surface area (Å²) in [5.41, 5.74) is 2.44. The Kier molecular flexibility index (Phi) is 3.80. The summed E-state index contributed by atoms with van der Waals surface area (Å²) in [5.74, 6) is 1.02. The lowest BCUT2D eigenvalue weighted by Gasteiger charge is -2.42. The highest BCUT2D eigenvalue weighted by Gasteiger charge is 2.39. The molecule has 3 rings (SSSR count). The number of hydrogen-bond acceptors (Lipinski definition) is 2. The summed E-state index contributed by atoms with van der Waals surface area (Å²) in [4.78, 5) is 0.235. The van der Waals surface area contributed by atoms with Crippen LogP contribution in [0.1, 0.15) is 41.6 Å². The molecule has 1 aliphatic heterocycles. The predicted octanol–water partition coefficient (Wildman–Crippen LogP) is 4.67. The maximum absolute atomic E-state index is 6.22. The summed E-state index contributed by atoms with van der Waals surface area (Å²) in [7, 11) is 1.82. The summed E-state index contributed by atoms with van der Waals surface area (Å²) in [5, 5.41) is 0.795. The Labute approximate surface area is 127 Å². The number of fused-ring (bicyclic) bond motifs is 1. The van der Waals surface area contributed by atoms with E-state index in [-0.39, 0.29) is 10.4 Å². The first kappa shape index (κ1) is 13.7. The molecule has 1 aromatic carbocycles. The molecule has 1 aliphatic carbocycles. The zero-order valence-electron chi connectivity index (χ0n) is 11.0. The molecule has 0 amide bonds. The van der Waals surface area contributed by atoms with E-state index < -0.39 is 0 Å². The van der Waals surface area contributed by atoms with Crippen molar-refractivity contribution in [1.29, 1.82) is 0 Å². The average molecular weight is 346 g/mol. The van der Waals surface area contributed by atoms with Gasteiger partial charge >= 0.3 is 0 Å². The quantitative estimate of drug-likeness (QED) is 0.738. The highest BCUT2D eigenvalue weighted by molar-refractivity contribution is 9.09. The van der Waals surface area contributed by atoms with Crippen LogP contribution in [-0.4, -0.2) is 19.3 Å². The smallest absolute Gasteiger partial charge is 0.127 e. The summed E-state index contributed by atoms with van der Waals surface area (Å²) in [6, 6.07) is 4.04.